The fourth-order valence-corrected chi connectivity index (χ4v) is 3.18. The highest BCUT2D eigenvalue weighted by atomic mass is 35.5. The smallest absolute Gasteiger partial charge is 0.259 e. The number of nitrogens with one attached hydrogen (secondary N) is 1. The van der Waals surface area contributed by atoms with E-state index in [9.17, 15) is 9.59 Å². The molecule has 0 radical (unpaired) electrons. The van der Waals surface area contributed by atoms with Crippen LogP contribution in [0.15, 0.2) is 53.1 Å². The summed E-state index contributed by atoms with van der Waals surface area (Å²) in [7, 11) is 0. The van der Waals surface area contributed by atoms with Crippen LogP contribution in [-0.2, 0) is 10.5 Å². The molecule has 3 rings (SSSR count). The third kappa shape index (κ3) is 5.18. The second-order valence-corrected chi connectivity index (χ2v) is 7.07. The summed E-state index contributed by atoms with van der Waals surface area (Å²) in [6.45, 7) is 1.48. The lowest BCUT2D eigenvalue weighted by Crippen LogP contribution is -2.14. The van der Waals surface area contributed by atoms with E-state index in [0.29, 0.717) is 39.3 Å². The molecule has 0 bridgehead atoms. The summed E-state index contributed by atoms with van der Waals surface area (Å²) in [6, 6.07) is 14.0. The minimum atomic E-state index is -0.171. The number of halogens is 1. The number of hydrogen-bond donors (Lipinski definition) is 1. The van der Waals surface area contributed by atoms with E-state index < -0.39 is 0 Å². The summed E-state index contributed by atoms with van der Waals surface area (Å²) in [5.41, 5.74) is 1.82. The van der Waals surface area contributed by atoms with Gasteiger partial charge in [0.1, 0.15) is 0 Å². The lowest BCUT2D eigenvalue weighted by Gasteiger charge is -2.05. The summed E-state index contributed by atoms with van der Waals surface area (Å²) in [4.78, 5) is 27.7. The number of Topliss-reactive ketones (excluding diaryl/α,β-unsaturated/α-hetero) is 1. The Morgan fingerprint density at radius 3 is 2.78 bits per heavy atom. The van der Waals surface area contributed by atoms with Crippen LogP contribution in [-0.4, -0.2) is 27.6 Å². The molecule has 0 fully saturated rings. The maximum absolute atomic E-state index is 12.1. The maximum atomic E-state index is 12.1. The third-order valence-electron chi connectivity index (χ3n) is 3.59. The largest absolute Gasteiger partial charge is 0.334 e. The van der Waals surface area contributed by atoms with Crippen LogP contribution >= 0.6 is 23.4 Å². The number of aromatic nitrogens is 2. The summed E-state index contributed by atoms with van der Waals surface area (Å²) in [6.07, 6.45) is 0. The van der Waals surface area contributed by atoms with Gasteiger partial charge in [0.2, 0.25) is 5.91 Å². The molecule has 0 atom stereocenters. The van der Waals surface area contributed by atoms with Crippen LogP contribution in [0.3, 0.4) is 0 Å². The standard InChI is InChI=1S/C19H16ClN3O3S/c1-12(24)13-5-4-6-14(9-13)21-18(25)11-27-10-17-22-19(26-23-17)15-7-2-3-8-16(15)20/h2-9H,10-11H2,1H3,(H,21,25). The molecule has 0 aliphatic heterocycles. The number of anilines is 1. The highest BCUT2D eigenvalue weighted by Crippen LogP contribution is 2.26. The van der Waals surface area contributed by atoms with Crippen molar-refractivity contribution in [3.8, 4) is 11.5 Å². The second kappa shape index (κ2) is 8.83. The predicted molar refractivity (Wildman–Crippen MR) is 106 cm³/mol. The molecule has 1 aromatic heterocycles. The van der Waals surface area contributed by atoms with Gasteiger partial charge in [-0.15, -0.1) is 11.8 Å². The van der Waals surface area contributed by atoms with Crippen molar-refractivity contribution >= 4 is 40.7 Å². The average Bonchev–Trinajstić information content (AvgIpc) is 3.11. The molecule has 0 aliphatic rings. The predicted octanol–water partition coefficient (Wildman–Crippen LogP) is 4.46. The fourth-order valence-electron chi connectivity index (χ4n) is 2.30. The number of carbonyl (C=O) groups excluding carboxylic acids is 2. The Morgan fingerprint density at radius 1 is 1.19 bits per heavy atom. The third-order valence-corrected chi connectivity index (χ3v) is 4.85. The average molecular weight is 402 g/mol. The van der Waals surface area contributed by atoms with Gasteiger partial charge < -0.3 is 9.84 Å². The van der Waals surface area contributed by atoms with Crippen molar-refractivity contribution in [3.63, 3.8) is 0 Å². The molecule has 1 N–H and O–H groups in total. The monoisotopic (exact) mass is 401 g/mol. The van der Waals surface area contributed by atoms with Crippen LogP contribution < -0.4 is 5.32 Å². The normalized spacial score (nSPS) is 10.6. The summed E-state index contributed by atoms with van der Waals surface area (Å²) >= 11 is 7.47. The van der Waals surface area contributed by atoms with Gasteiger partial charge in [-0.2, -0.15) is 4.98 Å². The molecule has 0 saturated carbocycles. The second-order valence-electron chi connectivity index (χ2n) is 5.67. The van der Waals surface area contributed by atoms with E-state index in [2.05, 4.69) is 15.5 Å². The van der Waals surface area contributed by atoms with Gasteiger partial charge >= 0.3 is 0 Å². The first kappa shape index (κ1) is 19.1. The van der Waals surface area contributed by atoms with E-state index in [1.54, 1.807) is 36.4 Å². The van der Waals surface area contributed by atoms with E-state index in [0.717, 1.165) is 0 Å². The Labute approximate surface area is 165 Å². The van der Waals surface area contributed by atoms with Gasteiger partial charge in [-0.05, 0) is 31.2 Å². The first-order valence-corrected chi connectivity index (χ1v) is 9.62. The highest BCUT2D eigenvalue weighted by Gasteiger charge is 2.12. The molecule has 27 heavy (non-hydrogen) atoms. The molecule has 1 amide bonds. The zero-order valence-electron chi connectivity index (χ0n) is 14.4. The van der Waals surface area contributed by atoms with Gasteiger partial charge in [0.05, 0.1) is 22.1 Å². The van der Waals surface area contributed by atoms with Gasteiger partial charge in [-0.3, -0.25) is 9.59 Å². The Balaban J connectivity index is 1.51. The Bertz CT molecular complexity index is 974. The fraction of sp³-hybridized carbons (Fsp3) is 0.158. The first-order valence-electron chi connectivity index (χ1n) is 8.09. The van der Waals surface area contributed by atoms with Gasteiger partial charge in [0.25, 0.3) is 5.89 Å². The molecule has 138 valence electrons. The Hall–Kier alpha value is -2.64. The number of amides is 1. The van der Waals surface area contributed by atoms with Gasteiger partial charge in [-0.1, -0.05) is 41.0 Å². The van der Waals surface area contributed by atoms with Crippen LogP contribution in [0.25, 0.3) is 11.5 Å². The Morgan fingerprint density at radius 2 is 2.00 bits per heavy atom. The topological polar surface area (TPSA) is 85.1 Å². The summed E-state index contributed by atoms with van der Waals surface area (Å²) < 4.78 is 5.23. The molecule has 3 aromatic rings. The minimum Gasteiger partial charge on any atom is -0.334 e. The number of nitrogens with zero attached hydrogens (tertiary/aromatic N) is 2. The number of ketones is 1. The lowest BCUT2D eigenvalue weighted by atomic mass is 10.1. The van der Waals surface area contributed by atoms with Crippen LogP contribution in [0.2, 0.25) is 5.02 Å². The summed E-state index contributed by atoms with van der Waals surface area (Å²) in [5, 5.41) is 7.21. The van der Waals surface area contributed by atoms with Crippen LogP contribution in [0.4, 0.5) is 5.69 Å². The molecule has 0 aliphatic carbocycles. The number of carbonyl (C=O) groups is 2. The van der Waals surface area contributed by atoms with Gasteiger partial charge in [0.15, 0.2) is 11.6 Å². The molecule has 8 heteroatoms. The SMILES string of the molecule is CC(=O)c1cccc(NC(=O)CSCc2noc(-c3ccccc3Cl)n2)c1. The molecular formula is C19H16ClN3O3S. The number of rotatable bonds is 7. The quantitative estimate of drug-likeness (QED) is 0.588. The van der Waals surface area contributed by atoms with E-state index >= 15 is 0 Å². The lowest BCUT2D eigenvalue weighted by molar-refractivity contribution is -0.113. The van der Waals surface area contributed by atoms with Crippen molar-refractivity contribution in [3.05, 3.63) is 64.9 Å². The van der Waals surface area contributed by atoms with Crippen molar-refractivity contribution in [2.75, 3.05) is 11.1 Å². The molecule has 6 nitrogen and oxygen atoms in total. The van der Waals surface area contributed by atoms with E-state index in [4.69, 9.17) is 16.1 Å². The van der Waals surface area contributed by atoms with Crippen molar-refractivity contribution in [2.45, 2.75) is 12.7 Å². The number of thioether (sulfide) groups is 1. The molecular weight excluding hydrogens is 386 g/mol. The number of hydrogen-bond acceptors (Lipinski definition) is 6. The zero-order valence-corrected chi connectivity index (χ0v) is 16.0. The molecule has 0 unspecified atom stereocenters. The molecule has 0 spiro atoms. The molecule has 2 aromatic carbocycles. The molecule has 0 saturated heterocycles. The minimum absolute atomic E-state index is 0.0492. The highest BCUT2D eigenvalue weighted by molar-refractivity contribution is 7.99. The van der Waals surface area contributed by atoms with Crippen LogP contribution in [0.5, 0.6) is 0 Å². The molecule has 1 heterocycles. The van der Waals surface area contributed by atoms with Crippen molar-refractivity contribution in [1.82, 2.24) is 10.1 Å². The van der Waals surface area contributed by atoms with Gasteiger partial charge in [-0.25, -0.2) is 0 Å². The first-order chi connectivity index (χ1) is 13.0. The van der Waals surface area contributed by atoms with E-state index in [-0.39, 0.29) is 17.4 Å². The van der Waals surface area contributed by atoms with E-state index in [1.165, 1.54) is 18.7 Å². The zero-order chi connectivity index (χ0) is 19.2. The van der Waals surface area contributed by atoms with Crippen molar-refractivity contribution < 1.29 is 14.1 Å². The maximum Gasteiger partial charge on any atom is 0.259 e. The van der Waals surface area contributed by atoms with Crippen LogP contribution in [0, 0.1) is 0 Å². The van der Waals surface area contributed by atoms with Gasteiger partial charge in [0, 0.05) is 11.3 Å². The van der Waals surface area contributed by atoms with E-state index in [1.807, 2.05) is 12.1 Å². The Kier molecular flexibility index (Phi) is 6.26. The van der Waals surface area contributed by atoms with Crippen molar-refractivity contribution in [2.24, 2.45) is 0 Å². The number of benzene rings is 2. The van der Waals surface area contributed by atoms with Crippen molar-refractivity contribution in [1.29, 1.82) is 0 Å². The summed E-state index contributed by atoms with van der Waals surface area (Å²) in [5.74, 6) is 1.26. The van der Waals surface area contributed by atoms with Crippen LogP contribution in [0.1, 0.15) is 23.1 Å².